The summed E-state index contributed by atoms with van der Waals surface area (Å²) in [6.07, 6.45) is 7.77. The van der Waals surface area contributed by atoms with Gasteiger partial charge in [0.1, 0.15) is 11.5 Å². The van der Waals surface area contributed by atoms with Crippen molar-refractivity contribution in [3.05, 3.63) is 118 Å². The summed E-state index contributed by atoms with van der Waals surface area (Å²) in [7, 11) is 5.21. The van der Waals surface area contributed by atoms with Gasteiger partial charge in [0.25, 0.3) is 0 Å². The zero-order chi connectivity index (χ0) is 28.0. The highest BCUT2D eigenvalue weighted by atomic mass is 35.5. The average Bonchev–Trinajstić information content (AvgIpc) is 3.73. The van der Waals surface area contributed by atoms with Gasteiger partial charge in [-0.1, -0.05) is 35.0 Å². The third kappa shape index (κ3) is 4.14. The lowest BCUT2D eigenvalue weighted by Crippen LogP contribution is -2.33. The summed E-state index contributed by atoms with van der Waals surface area (Å²) < 4.78 is 11.1. The second kappa shape index (κ2) is 9.93. The summed E-state index contributed by atoms with van der Waals surface area (Å²) in [5.74, 6) is 1.23. The van der Waals surface area contributed by atoms with Gasteiger partial charge in [-0.2, -0.15) is 0 Å². The number of ether oxygens (including phenoxy) is 1. The molecule has 6 rings (SSSR count). The van der Waals surface area contributed by atoms with Crippen molar-refractivity contribution < 1.29 is 9.84 Å². The Morgan fingerprint density at radius 1 is 1.00 bits per heavy atom. The van der Waals surface area contributed by atoms with E-state index in [1.54, 1.807) is 31.2 Å². The number of nitrogens with zero attached hydrogens (tertiary/aromatic N) is 7. The van der Waals surface area contributed by atoms with Crippen LogP contribution in [0.5, 0.6) is 5.88 Å². The smallest absolute Gasteiger partial charge is 0.218 e. The molecule has 9 nitrogen and oxygen atoms in total. The summed E-state index contributed by atoms with van der Waals surface area (Å²) in [6, 6.07) is 17.8. The van der Waals surface area contributed by atoms with Crippen LogP contribution in [0.1, 0.15) is 33.9 Å². The average molecular weight is 554 g/mol. The minimum atomic E-state index is -1.60. The molecule has 0 saturated carbocycles. The number of aryl methyl sites for hydroxylation is 2. The quantitative estimate of drug-likeness (QED) is 0.307. The summed E-state index contributed by atoms with van der Waals surface area (Å²) >= 11 is 7.09. The number of imidazole rings is 1. The Hall–Kier alpha value is -4.47. The Morgan fingerprint density at radius 2 is 1.75 bits per heavy atom. The van der Waals surface area contributed by atoms with Gasteiger partial charge in [0.05, 0.1) is 35.7 Å². The molecule has 4 aromatic heterocycles. The highest BCUT2D eigenvalue weighted by Gasteiger charge is 2.40. The predicted octanol–water partition coefficient (Wildman–Crippen LogP) is 4.73. The van der Waals surface area contributed by atoms with Crippen LogP contribution in [0.15, 0.2) is 79.4 Å². The fourth-order valence-corrected chi connectivity index (χ4v) is 5.47. The van der Waals surface area contributed by atoms with Crippen LogP contribution < -0.4 is 4.74 Å². The van der Waals surface area contributed by atoms with Crippen molar-refractivity contribution in [2.75, 3.05) is 7.11 Å². The SMILES string of the molecule is COc1nc2ccc(C(O)(c3cnnn3C)c3cnc(C)n3C)cc2c(Cl)c1Cc1ccc(-n2cccc2)cc1. The molecule has 10 heteroatoms. The molecule has 4 heterocycles. The van der Waals surface area contributed by atoms with Gasteiger partial charge in [0, 0.05) is 49.5 Å². The summed E-state index contributed by atoms with van der Waals surface area (Å²) in [5.41, 5.74) is 3.63. The van der Waals surface area contributed by atoms with E-state index in [1.165, 1.54) is 0 Å². The van der Waals surface area contributed by atoms with Crippen LogP contribution in [0.4, 0.5) is 0 Å². The summed E-state index contributed by atoms with van der Waals surface area (Å²) in [4.78, 5) is 9.20. The maximum absolute atomic E-state index is 12.4. The van der Waals surface area contributed by atoms with E-state index in [0.29, 0.717) is 45.2 Å². The van der Waals surface area contributed by atoms with Gasteiger partial charge < -0.3 is 19.0 Å². The molecule has 1 unspecified atom stereocenters. The fourth-order valence-electron chi connectivity index (χ4n) is 5.17. The molecule has 202 valence electrons. The number of aromatic nitrogens is 7. The van der Waals surface area contributed by atoms with Gasteiger partial charge in [-0.25, -0.2) is 14.6 Å². The number of benzene rings is 2. The monoisotopic (exact) mass is 553 g/mol. The third-order valence-electron chi connectivity index (χ3n) is 7.49. The number of aliphatic hydroxyl groups is 1. The van der Waals surface area contributed by atoms with Crippen molar-refractivity contribution in [3.63, 3.8) is 0 Å². The van der Waals surface area contributed by atoms with Gasteiger partial charge in [0.2, 0.25) is 5.88 Å². The second-order valence-electron chi connectivity index (χ2n) is 9.78. The van der Waals surface area contributed by atoms with Gasteiger partial charge in [-0.3, -0.25) is 0 Å². The van der Waals surface area contributed by atoms with E-state index >= 15 is 0 Å². The normalized spacial score (nSPS) is 13.1. The van der Waals surface area contributed by atoms with Crippen molar-refractivity contribution in [2.24, 2.45) is 14.1 Å². The van der Waals surface area contributed by atoms with Gasteiger partial charge in [0.15, 0.2) is 5.60 Å². The molecule has 0 aliphatic rings. The van der Waals surface area contributed by atoms with E-state index in [1.807, 2.05) is 61.3 Å². The van der Waals surface area contributed by atoms with Gasteiger partial charge in [-0.05, 0) is 54.4 Å². The second-order valence-corrected chi connectivity index (χ2v) is 10.2. The first-order valence-electron chi connectivity index (χ1n) is 12.8. The standard InChI is InChI=1S/C30H28ClN7O2/c1-19-32-17-26(36(19)2)30(39,27-18-33-35-37(27)3)21-9-12-25-23(16-21)28(31)24(29(34-25)40-4)15-20-7-10-22(11-8-20)38-13-5-6-14-38/h5-14,16-18,39H,15H2,1-4H3. The Balaban J connectivity index is 1.48. The first-order chi connectivity index (χ1) is 19.3. The Labute approximate surface area is 236 Å². The number of methoxy groups -OCH3 is 1. The van der Waals surface area contributed by atoms with Crippen LogP contribution in [0.3, 0.4) is 0 Å². The minimum Gasteiger partial charge on any atom is -0.481 e. The highest BCUT2D eigenvalue weighted by molar-refractivity contribution is 6.36. The van der Waals surface area contributed by atoms with E-state index < -0.39 is 5.60 Å². The van der Waals surface area contributed by atoms with E-state index in [-0.39, 0.29) is 0 Å². The molecule has 2 aromatic carbocycles. The number of hydrogen-bond acceptors (Lipinski definition) is 6. The molecule has 0 radical (unpaired) electrons. The molecule has 0 bridgehead atoms. The summed E-state index contributed by atoms with van der Waals surface area (Å²) in [6.45, 7) is 1.89. The van der Waals surface area contributed by atoms with Crippen LogP contribution in [0, 0.1) is 6.92 Å². The van der Waals surface area contributed by atoms with Gasteiger partial charge in [-0.15, -0.1) is 5.10 Å². The third-order valence-corrected chi connectivity index (χ3v) is 7.92. The fraction of sp³-hybridized carbons (Fsp3) is 0.200. The molecule has 0 amide bonds. The molecule has 0 spiro atoms. The molecule has 0 aliphatic heterocycles. The van der Waals surface area contributed by atoms with Crippen molar-refractivity contribution in [2.45, 2.75) is 18.9 Å². The minimum absolute atomic E-state index is 0.466. The first kappa shape index (κ1) is 25.8. The zero-order valence-electron chi connectivity index (χ0n) is 22.6. The predicted molar refractivity (Wildman–Crippen MR) is 153 cm³/mol. The number of halogens is 1. The van der Waals surface area contributed by atoms with Crippen LogP contribution in [-0.2, 0) is 26.1 Å². The molecule has 0 aliphatic carbocycles. The lowest BCUT2D eigenvalue weighted by Gasteiger charge is -2.29. The van der Waals surface area contributed by atoms with E-state index in [2.05, 4.69) is 44.1 Å². The Morgan fingerprint density at radius 3 is 2.38 bits per heavy atom. The van der Waals surface area contributed by atoms with Crippen molar-refractivity contribution >= 4 is 22.5 Å². The number of fused-ring (bicyclic) bond motifs is 1. The molecule has 40 heavy (non-hydrogen) atoms. The lowest BCUT2D eigenvalue weighted by molar-refractivity contribution is 0.108. The maximum atomic E-state index is 12.4. The molecule has 1 atom stereocenters. The molecular formula is C30H28ClN7O2. The van der Waals surface area contributed by atoms with E-state index in [9.17, 15) is 5.11 Å². The van der Waals surface area contributed by atoms with E-state index in [4.69, 9.17) is 21.3 Å². The summed E-state index contributed by atoms with van der Waals surface area (Å²) in [5, 5.41) is 21.7. The topological polar surface area (TPSA) is 95.8 Å². The van der Waals surface area contributed by atoms with Crippen LogP contribution in [-0.4, -0.2) is 46.3 Å². The van der Waals surface area contributed by atoms with Crippen molar-refractivity contribution in [3.8, 4) is 11.6 Å². The molecular weight excluding hydrogens is 526 g/mol. The van der Waals surface area contributed by atoms with Crippen LogP contribution in [0.25, 0.3) is 16.6 Å². The van der Waals surface area contributed by atoms with E-state index in [0.717, 1.165) is 22.6 Å². The molecule has 0 fully saturated rings. The van der Waals surface area contributed by atoms with Crippen molar-refractivity contribution in [1.29, 1.82) is 0 Å². The van der Waals surface area contributed by atoms with Gasteiger partial charge >= 0.3 is 0 Å². The molecule has 0 saturated heterocycles. The Kier molecular flexibility index (Phi) is 6.40. The maximum Gasteiger partial charge on any atom is 0.218 e. The number of rotatable bonds is 7. The molecule has 6 aromatic rings. The Bertz CT molecular complexity index is 1820. The molecule has 1 N–H and O–H groups in total. The zero-order valence-corrected chi connectivity index (χ0v) is 23.3. The first-order valence-corrected chi connectivity index (χ1v) is 13.1. The largest absolute Gasteiger partial charge is 0.481 e. The number of pyridine rings is 1. The number of hydrogen-bond donors (Lipinski definition) is 1. The highest BCUT2D eigenvalue weighted by Crippen LogP contribution is 2.40. The lowest BCUT2D eigenvalue weighted by atomic mass is 9.86. The van der Waals surface area contributed by atoms with Crippen LogP contribution in [0.2, 0.25) is 5.02 Å². The van der Waals surface area contributed by atoms with Crippen molar-refractivity contribution in [1.82, 2.24) is 34.1 Å². The van der Waals surface area contributed by atoms with Crippen LogP contribution >= 0.6 is 11.6 Å².